The zero-order valence-electron chi connectivity index (χ0n) is 17.3. The highest BCUT2D eigenvalue weighted by atomic mass is 79.9. The SMILES string of the molecule is Cc1ccc2cc(C=NNC(=O)COc3cc(C)c(Br)cc3C(C)C)c(Cl)nc2c1. The molecule has 3 rings (SSSR count). The molecular formula is C23H23BrClN3O2. The van der Waals surface area contributed by atoms with E-state index in [-0.39, 0.29) is 18.4 Å². The largest absolute Gasteiger partial charge is 0.483 e. The van der Waals surface area contributed by atoms with Crippen LogP contribution >= 0.6 is 27.5 Å². The smallest absolute Gasteiger partial charge is 0.277 e. The van der Waals surface area contributed by atoms with Gasteiger partial charge in [0.1, 0.15) is 10.9 Å². The Hall–Kier alpha value is -2.44. The predicted octanol–water partition coefficient (Wildman–Crippen LogP) is 5.92. The number of carbonyl (C=O) groups is 1. The molecule has 0 saturated carbocycles. The maximum Gasteiger partial charge on any atom is 0.277 e. The maximum atomic E-state index is 12.2. The second-order valence-electron chi connectivity index (χ2n) is 7.44. The van der Waals surface area contributed by atoms with Gasteiger partial charge in [0.05, 0.1) is 11.7 Å². The Kier molecular flexibility index (Phi) is 7.10. The standard InChI is InChI=1S/C23H23BrClN3O2/c1-13(2)18-10-19(24)15(4)8-21(18)30-12-22(29)28-26-11-17-9-16-6-5-14(3)7-20(16)27-23(17)25/h5-11,13H,12H2,1-4H3,(H,28,29). The number of aromatic nitrogens is 1. The van der Waals surface area contributed by atoms with E-state index < -0.39 is 0 Å². The summed E-state index contributed by atoms with van der Waals surface area (Å²) in [7, 11) is 0. The van der Waals surface area contributed by atoms with Gasteiger partial charge in [0.25, 0.3) is 5.91 Å². The van der Waals surface area contributed by atoms with Crippen LogP contribution in [0.15, 0.2) is 46.0 Å². The first-order chi connectivity index (χ1) is 14.2. The minimum Gasteiger partial charge on any atom is -0.483 e. The molecule has 1 aromatic heterocycles. The lowest BCUT2D eigenvalue weighted by atomic mass is 10.0. The average Bonchev–Trinajstić information content (AvgIpc) is 2.68. The van der Waals surface area contributed by atoms with E-state index in [1.807, 2.05) is 50.2 Å². The molecule has 0 bridgehead atoms. The van der Waals surface area contributed by atoms with E-state index in [1.165, 1.54) is 6.21 Å². The minimum atomic E-state index is -0.359. The van der Waals surface area contributed by atoms with Crippen LogP contribution < -0.4 is 10.2 Å². The second kappa shape index (κ2) is 9.58. The molecule has 0 saturated heterocycles. The van der Waals surface area contributed by atoms with E-state index >= 15 is 0 Å². The van der Waals surface area contributed by atoms with Gasteiger partial charge in [0.2, 0.25) is 0 Å². The molecule has 0 fully saturated rings. The normalized spacial score (nSPS) is 11.4. The molecule has 7 heteroatoms. The van der Waals surface area contributed by atoms with E-state index in [9.17, 15) is 4.79 Å². The average molecular weight is 489 g/mol. The Morgan fingerprint density at radius 3 is 2.77 bits per heavy atom. The molecule has 0 atom stereocenters. The number of pyridine rings is 1. The van der Waals surface area contributed by atoms with E-state index in [4.69, 9.17) is 16.3 Å². The number of hydrogen-bond donors (Lipinski definition) is 1. The van der Waals surface area contributed by atoms with E-state index in [2.05, 4.69) is 45.3 Å². The molecule has 0 aliphatic carbocycles. The second-order valence-corrected chi connectivity index (χ2v) is 8.65. The van der Waals surface area contributed by atoms with E-state index in [1.54, 1.807) is 0 Å². The van der Waals surface area contributed by atoms with Gasteiger partial charge in [-0.15, -0.1) is 0 Å². The van der Waals surface area contributed by atoms with Crippen molar-refractivity contribution in [3.63, 3.8) is 0 Å². The molecule has 0 unspecified atom stereocenters. The van der Waals surface area contributed by atoms with Gasteiger partial charge < -0.3 is 4.74 Å². The lowest BCUT2D eigenvalue weighted by Gasteiger charge is -2.15. The summed E-state index contributed by atoms with van der Waals surface area (Å²) in [4.78, 5) is 16.6. The van der Waals surface area contributed by atoms with Crippen LogP contribution in [0.3, 0.4) is 0 Å². The van der Waals surface area contributed by atoms with Crippen molar-refractivity contribution in [1.82, 2.24) is 10.4 Å². The molecule has 0 aliphatic rings. The lowest BCUT2D eigenvalue weighted by Crippen LogP contribution is -2.25. The molecular weight excluding hydrogens is 466 g/mol. The monoisotopic (exact) mass is 487 g/mol. The highest BCUT2D eigenvalue weighted by Gasteiger charge is 2.12. The van der Waals surface area contributed by atoms with Gasteiger partial charge in [-0.2, -0.15) is 5.10 Å². The van der Waals surface area contributed by atoms with E-state index in [0.717, 1.165) is 32.1 Å². The Morgan fingerprint density at radius 1 is 1.27 bits per heavy atom. The molecule has 0 radical (unpaired) electrons. The first-order valence-corrected chi connectivity index (χ1v) is 10.7. The number of nitrogens with one attached hydrogen (secondary N) is 1. The number of hydrazone groups is 1. The summed E-state index contributed by atoms with van der Waals surface area (Å²) in [5, 5.41) is 5.27. The summed E-state index contributed by atoms with van der Waals surface area (Å²) < 4.78 is 6.76. The molecule has 0 aliphatic heterocycles. The molecule has 1 heterocycles. The van der Waals surface area contributed by atoms with Crippen molar-refractivity contribution in [1.29, 1.82) is 0 Å². The van der Waals surface area contributed by atoms with Gasteiger partial charge in [-0.1, -0.05) is 53.5 Å². The molecule has 2 aromatic carbocycles. The zero-order valence-corrected chi connectivity index (χ0v) is 19.6. The van der Waals surface area contributed by atoms with Crippen molar-refractivity contribution >= 4 is 50.6 Å². The van der Waals surface area contributed by atoms with Crippen molar-refractivity contribution < 1.29 is 9.53 Å². The molecule has 1 amide bonds. The third-order valence-electron chi connectivity index (χ3n) is 4.62. The molecule has 1 N–H and O–H groups in total. The zero-order chi connectivity index (χ0) is 21.8. The van der Waals surface area contributed by atoms with Gasteiger partial charge in [0.15, 0.2) is 6.61 Å². The summed E-state index contributed by atoms with van der Waals surface area (Å²) in [6.45, 7) is 8.00. The fraction of sp³-hybridized carbons (Fsp3) is 0.261. The third-order valence-corrected chi connectivity index (χ3v) is 5.78. The Morgan fingerprint density at radius 2 is 2.03 bits per heavy atom. The van der Waals surface area contributed by atoms with Crippen LogP contribution in [0.5, 0.6) is 5.75 Å². The highest BCUT2D eigenvalue weighted by molar-refractivity contribution is 9.10. The molecule has 156 valence electrons. The van der Waals surface area contributed by atoms with Crippen LogP contribution in [0, 0.1) is 13.8 Å². The highest BCUT2D eigenvalue weighted by Crippen LogP contribution is 2.32. The van der Waals surface area contributed by atoms with Crippen molar-refractivity contribution in [3.05, 3.63) is 68.3 Å². The van der Waals surface area contributed by atoms with Crippen LogP contribution in [0.2, 0.25) is 5.15 Å². The van der Waals surface area contributed by atoms with Crippen LogP contribution in [-0.4, -0.2) is 23.7 Å². The summed E-state index contributed by atoms with van der Waals surface area (Å²) in [5.74, 6) is 0.605. The fourth-order valence-electron chi connectivity index (χ4n) is 2.96. The van der Waals surface area contributed by atoms with Crippen molar-refractivity contribution in [2.24, 2.45) is 5.10 Å². The number of halogens is 2. The van der Waals surface area contributed by atoms with Crippen molar-refractivity contribution in [3.8, 4) is 5.75 Å². The Labute approximate surface area is 189 Å². The third kappa shape index (κ3) is 5.37. The Bertz CT molecular complexity index is 1130. The number of nitrogens with zero attached hydrogens (tertiary/aromatic N) is 2. The van der Waals surface area contributed by atoms with Gasteiger partial charge in [-0.05, 0) is 60.7 Å². The number of benzene rings is 2. The first-order valence-electron chi connectivity index (χ1n) is 9.56. The van der Waals surface area contributed by atoms with E-state index in [0.29, 0.717) is 16.5 Å². The quantitative estimate of drug-likeness (QED) is 0.266. The lowest BCUT2D eigenvalue weighted by molar-refractivity contribution is -0.123. The molecule has 30 heavy (non-hydrogen) atoms. The number of amides is 1. The number of hydrogen-bond acceptors (Lipinski definition) is 4. The van der Waals surface area contributed by atoms with Gasteiger partial charge in [-0.25, -0.2) is 10.4 Å². The predicted molar refractivity (Wildman–Crippen MR) is 126 cm³/mol. The topological polar surface area (TPSA) is 63.6 Å². The van der Waals surface area contributed by atoms with Crippen LogP contribution in [0.4, 0.5) is 0 Å². The number of aryl methyl sites for hydroxylation is 2. The molecule has 5 nitrogen and oxygen atoms in total. The van der Waals surface area contributed by atoms with Crippen LogP contribution in [0.1, 0.15) is 42.0 Å². The number of ether oxygens (including phenoxy) is 1. The molecule has 3 aromatic rings. The fourth-order valence-corrected chi connectivity index (χ4v) is 3.51. The van der Waals surface area contributed by atoms with Crippen molar-refractivity contribution in [2.75, 3.05) is 6.61 Å². The van der Waals surface area contributed by atoms with Crippen LogP contribution in [0.25, 0.3) is 10.9 Å². The Balaban J connectivity index is 1.65. The van der Waals surface area contributed by atoms with Gasteiger partial charge in [-0.3, -0.25) is 4.79 Å². The summed E-state index contributed by atoms with van der Waals surface area (Å²) in [6, 6.07) is 11.8. The summed E-state index contributed by atoms with van der Waals surface area (Å²) in [5.41, 5.74) is 7.11. The summed E-state index contributed by atoms with van der Waals surface area (Å²) >= 11 is 9.78. The summed E-state index contributed by atoms with van der Waals surface area (Å²) in [6.07, 6.45) is 1.48. The maximum absolute atomic E-state index is 12.2. The van der Waals surface area contributed by atoms with Gasteiger partial charge in [0, 0.05) is 15.4 Å². The van der Waals surface area contributed by atoms with Gasteiger partial charge >= 0.3 is 0 Å². The number of rotatable bonds is 6. The first kappa shape index (κ1) is 22.2. The number of carbonyl (C=O) groups excluding carboxylic acids is 1. The van der Waals surface area contributed by atoms with Crippen molar-refractivity contribution in [2.45, 2.75) is 33.6 Å². The minimum absolute atomic E-state index is 0.138. The van der Waals surface area contributed by atoms with Crippen LogP contribution in [-0.2, 0) is 4.79 Å². The molecule has 0 spiro atoms. The number of fused-ring (bicyclic) bond motifs is 1.